The highest BCUT2D eigenvalue weighted by Gasteiger charge is 2.25. The minimum Gasteiger partial charge on any atom is -0.494 e. The number of amides is 2. The molecule has 0 bridgehead atoms. The molecule has 1 atom stereocenters. The van der Waals surface area contributed by atoms with E-state index >= 15 is 0 Å². The van der Waals surface area contributed by atoms with Crippen LogP contribution in [0, 0.1) is 0 Å². The van der Waals surface area contributed by atoms with E-state index in [1.165, 1.54) is 0 Å². The van der Waals surface area contributed by atoms with Gasteiger partial charge < -0.3 is 20.1 Å². The van der Waals surface area contributed by atoms with Gasteiger partial charge >= 0.3 is 0 Å². The number of thioether (sulfide) groups is 1. The highest BCUT2D eigenvalue weighted by Crippen LogP contribution is 2.34. The maximum atomic E-state index is 12.7. The second-order valence-corrected chi connectivity index (χ2v) is 8.65. The quantitative estimate of drug-likeness (QED) is 0.617. The number of rotatable bonds is 9. The molecule has 1 fully saturated rings. The highest BCUT2D eigenvalue weighted by molar-refractivity contribution is 7.98. The fourth-order valence-electron chi connectivity index (χ4n) is 3.78. The molecule has 0 aliphatic carbocycles. The first kappa shape index (κ1) is 21.7. The van der Waals surface area contributed by atoms with Gasteiger partial charge in [0, 0.05) is 30.2 Å². The molecule has 0 radical (unpaired) electrons. The SMILES string of the molecule is CCOc1ccc(CC(=O)Nc2c3c(nn2CC(=O)NC[C@@H]2CCCO2)CSC3)cc1. The third-order valence-electron chi connectivity index (χ3n) is 5.32. The monoisotopic (exact) mass is 444 g/mol. The molecule has 2 amide bonds. The Balaban J connectivity index is 1.38. The van der Waals surface area contributed by atoms with Crippen LogP contribution < -0.4 is 15.4 Å². The number of fused-ring (bicyclic) bond motifs is 1. The Hall–Kier alpha value is -2.52. The first-order valence-electron chi connectivity index (χ1n) is 10.7. The summed E-state index contributed by atoms with van der Waals surface area (Å²) in [5, 5.41) is 10.5. The van der Waals surface area contributed by atoms with Crippen molar-refractivity contribution in [2.75, 3.05) is 25.1 Å². The lowest BCUT2D eigenvalue weighted by molar-refractivity contribution is -0.122. The Labute approximate surface area is 186 Å². The molecular weight excluding hydrogens is 416 g/mol. The van der Waals surface area contributed by atoms with Gasteiger partial charge in [-0.25, -0.2) is 4.68 Å². The fraction of sp³-hybridized carbons (Fsp3) is 0.500. The van der Waals surface area contributed by atoms with E-state index < -0.39 is 0 Å². The van der Waals surface area contributed by atoms with Crippen molar-refractivity contribution >= 4 is 29.4 Å². The van der Waals surface area contributed by atoms with Crippen molar-refractivity contribution < 1.29 is 19.1 Å². The van der Waals surface area contributed by atoms with Gasteiger partial charge in [0.05, 0.1) is 24.8 Å². The Kier molecular flexibility index (Phi) is 7.14. The molecule has 0 unspecified atom stereocenters. The number of anilines is 1. The van der Waals surface area contributed by atoms with Crippen LogP contribution in [0.4, 0.5) is 5.82 Å². The molecule has 0 spiro atoms. The number of nitrogens with zero attached hydrogens (tertiary/aromatic N) is 2. The van der Waals surface area contributed by atoms with Gasteiger partial charge in [-0.05, 0) is 37.5 Å². The van der Waals surface area contributed by atoms with Gasteiger partial charge in [0.1, 0.15) is 18.1 Å². The van der Waals surface area contributed by atoms with Crippen LogP contribution in [0.2, 0.25) is 0 Å². The van der Waals surface area contributed by atoms with Crippen molar-refractivity contribution in [2.24, 2.45) is 0 Å². The van der Waals surface area contributed by atoms with E-state index in [0.717, 1.165) is 53.5 Å². The number of benzene rings is 1. The number of ether oxygens (including phenoxy) is 2. The van der Waals surface area contributed by atoms with Crippen molar-refractivity contribution in [1.29, 1.82) is 0 Å². The smallest absolute Gasteiger partial charge is 0.241 e. The Morgan fingerprint density at radius 1 is 1.26 bits per heavy atom. The van der Waals surface area contributed by atoms with E-state index in [1.54, 1.807) is 16.4 Å². The van der Waals surface area contributed by atoms with Gasteiger partial charge in [0.15, 0.2) is 0 Å². The van der Waals surface area contributed by atoms with Gasteiger partial charge in [0.2, 0.25) is 11.8 Å². The molecule has 9 heteroatoms. The van der Waals surface area contributed by atoms with E-state index in [1.807, 2.05) is 31.2 Å². The molecule has 1 saturated heterocycles. The summed E-state index contributed by atoms with van der Waals surface area (Å²) >= 11 is 1.76. The topological polar surface area (TPSA) is 94.5 Å². The molecule has 1 aromatic heterocycles. The predicted molar refractivity (Wildman–Crippen MR) is 119 cm³/mol. The predicted octanol–water partition coefficient (Wildman–Crippen LogP) is 2.50. The summed E-state index contributed by atoms with van der Waals surface area (Å²) in [6.45, 7) is 3.88. The van der Waals surface area contributed by atoms with Crippen LogP contribution >= 0.6 is 11.8 Å². The number of carbonyl (C=O) groups is 2. The standard InChI is InChI=1S/C22H28N4O4S/c1-2-29-16-7-5-15(6-8-16)10-20(27)24-22-18-13-31-14-19(18)25-26(22)12-21(28)23-11-17-4-3-9-30-17/h5-8,17H,2-4,9-14H2,1H3,(H,23,28)(H,24,27)/t17-/m0/s1. The Bertz CT molecular complexity index is 922. The van der Waals surface area contributed by atoms with Crippen molar-refractivity contribution in [3.8, 4) is 5.75 Å². The molecule has 2 aliphatic heterocycles. The second kappa shape index (κ2) is 10.2. The van der Waals surface area contributed by atoms with Crippen molar-refractivity contribution in [1.82, 2.24) is 15.1 Å². The summed E-state index contributed by atoms with van der Waals surface area (Å²) in [6.07, 6.45) is 2.34. The van der Waals surface area contributed by atoms with Crippen LogP contribution in [0.5, 0.6) is 5.75 Å². The molecule has 2 aromatic rings. The first-order chi connectivity index (χ1) is 15.1. The number of hydrogen-bond donors (Lipinski definition) is 2. The zero-order valence-electron chi connectivity index (χ0n) is 17.7. The molecule has 31 heavy (non-hydrogen) atoms. The average molecular weight is 445 g/mol. The second-order valence-electron chi connectivity index (χ2n) is 7.67. The normalized spacial score (nSPS) is 17.4. The average Bonchev–Trinajstić information content (AvgIpc) is 3.48. The van der Waals surface area contributed by atoms with Gasteiger partial charge in [-0.15, -0.1) is 0 Å². The third-order valence-corrected chi connectivity index (χ3v) is 6.29. The summed E-state index contributed by atoms with van der Waals surface area (Å²) in [5.41, 5.74) is 2.85. The maximum absolute atomic E-state index is 12.7. The molecule has 1 aromatic carbocycles. The van der Waals surface area contributed by atoms with E-state index in [2.05, 4.69) is 15.7 Å². The van der Waals surface area contributed by atoms with Gasteiger partial charge in [0.25, 0.3) is 0 Å². The Morgan fingerprint density at radius 3 is 2.84 bits per heavy atom. The van der Waals surface area contributed by atoms with Crippen LogP contribution in [-0.2, 0) is 38.8 Å². The number of nitrogens with one attached hydrogen (secondary N) is 2. The van der Waals surface area contributed by atoms with Crippen molar-refractivity contribution in [3.63, 3.8) is 0 Å². The van der Waals surface area contributed by atoms with E-state index in [9.17, 15) is 9.59 Å². The lowest BCUT2D eigenvalue weighted by atomic mass is 10.1. The molecular formula is C22H28N4O4S. The molecule has 0 saturated carbocycles. The minimum absolute atomic E-state index is 0.0725. The van der Waals surface area contributed by atoms with Crippen LogP contribution in [-0.4, -0.2) is 47.5 Å². The summed E-state index contributed by atoms with van der Waals surface area (Å²) in [4.78, 5) is 25.2. The maximum Gasteiger partial charge on any atom is 0.241 e. The third kappa shape index (κ3) is 5.59. The van der Waals surface area contributed by atoms with Crippen LogP contribution in [0.1, 0.15) is 36.6 Å². The lowest BCUT2D eigenvalue weighted by Crippen LogP contribution is -2.34. The number of hydrogen-bond acceptors (Lipinski definition) is 6. The summed E-state index contributed by atoms with van der Waals surface area (Å²) < 4.78 is 12.6. The zero-order chi connectivity index (χ0) is 21.6. The largest absolute Gasteiger partial charge is 0.494 e. The highest BCUT2D eigenvalue weighted by atomic mass is 32.2. The molecule has 8 nitrogen and oxygen atoms in total. The van der Waals surface area contributed by atoms with Crippen LogP contribution in [0.15, 0.2) is 24.3 Å². The minimum atomic E-state index is -0.134. The van der Waals surface area contributed by atoms with E-state index in [4.69, 9.17) is 9.47 Å². The zero-order valence-corrected chi connectivity index (χ0v) is 18.5. The summed E-state index contributed by atoms with van der Waals surface area (Å²) in [6, 6.07) is 7.51. The van der Waals surface area contributed by atoms with Crippen LogP contribution in [0.25, 0.3) is 0 Å². The van der Waals surface area contributed by atoms with E-state index in [-0.39, 0.29) is 30.9 Å². The molecule has 2 aliphatic rings. The molecule has 166 valence electrons. The number of carbonyl (C=O) groups excluding carboxylic acids is 2. The van der Waals surface area contributed by atoms with E-state index in [0.29, 0.717) is 19.0 Å². The first-order valence-corrected chi connectivity index (χ1v) is 11.8. The molecule has 2 N–H and O–H groups in total. The van der Waals surface area contributed by atoms with Crippen molar-refractivity contribution in [2.45, 2.75) is 50.3 Å². The summed E-state index contributed by atoms with van der Waals surface area (Å²) in [7, 11) is 0. The molecule has 4 rings (SSSR count). The molecule has 3 heterocycles. The van der Waals surface area contributed by atoms with Gasteiger partial charge in [-0.2, -0.15) is 16.9 Å². The Morgan fingerprint density at radius 2 is 2.10 bits per heavy atom. The van der Waals surface area contributed by atoms with Crippen LogP contribution in [0.3, 0.4) is 0 Å². The summed E-state index contributed by atoms with van der Waals surface area (Å²) in [5.74, 6) is 2.72. The fourth-order valence-corrected chi connectivity index (χ4v) is 4.81. The lowest BCUT2D eigenvalue weighted by Gasteiger charge is -2.13. The van der Waals surface area contributed by atoms with Gasteiger partial charge in [-0.1, -0.05) is 12.1 Å². The van der Waals surface area contributed by atoms with Gasteiger partial charge in [-0.3, -0.25) is 9.59 Å². The van der Waals surface area contributed by atoms with Crippen molar-refractivity contribution in [3.05, 3.63) is 41.1 Å². The number of aromatic nitrogens is 2.